The topological polar surface area (TPSA) is 89.3 Å². The predicted octanol–water partition coefficient (Wildman–Crippen LogP) is 0.406. The molecule has 0 amide bonds. The maximum Gasteiger partial charge on any atom is 0.354 e. The lowest BCUT2D eigenvalue weighted by Crippen LogP contribution is -2.19. The van der Waals surface area contributed by atoms with E-state index in [9.17, 15) is 13.2 Å². The number of carbonyl (C=O) groups is 1. The molecular weight excluding hydrogens is 232 g/mol. The number of aryl methyl sites for hydroxylation is 1. The number of sulfone groups is 1. The molecule has 1 N–H and O–H groups in total. The summed E-state index contributed by atoms with van der Waals surface area (Å²) < 4.78 is 24.0. The Morgan fingerprint density at radius 2 is 2.19 bits per heavy atom. The molecule has 7 heteroatoms. The first-order chi connectivity index (χ1) is 7.46. The van der Waals surface area contributed by atoms with Crippen molar-refractivity contribution in [3.63, 3.8) is 0 Å². The van der Waals surface area contributed by atoms with Gasteiger partial charge in [0.1, 0.15) is 5.69 Å². The molecule has 0 aliphatic heterocycles. The van der Waals surface area contributed by atoms with Gasteiger partial charge >= 0.3 is 5.97 Å². The number of rotatable bonds is 6. The zero-order chi connectivity index (χ0) is 12.2. The molecule has 16 heavy (non-hydrogen) atoms. The Morgan fingerprint density at radius 1 is 1.50 bits per heavy atom. The largest absolute Gasteiger partial charge is 0.477 e. The molecule has 0 radical (unpaired) electrons. The molecule has 0 fully saturated rings. The van der Waals surface area contributed by atoms with Crippen molar-refractivity contribution in [1.82, 2.24) is 9.78 Å². The summed E-state index contributed by atoms with van der Waals surface area (Å²) in [6.45, 7) is 1.87. The van der Waals surface area contributed by atoms with Crippen molar-refractivity contribution in [2.24, 2.45) is 0 Å². The van der Waals surface area contributed by atoms with Gasteiger partial charge in [-0.2, -0.15) is 5.10 Å². The number of carboxylic acid groups (broad SMARTS) is 1. The van der Waals surface area contributed by atoms with E-state index in [2.05, 4.69) is 5.10 Å². The summed E-state index contributed by atoms with van der Waals surface area (Å²) in [5.41, 5.74) is 0.00620. The average Bonchev–Trinajstić information content (AvgIpc) is 2.62. The van der Waals surface area contributed by atoms with E-state index in [0.717, 1.165) is 0 Å². The van der Waals surface area contributed by atoms with Crippen LogP contribution in [0.15, 0.2) is 12.3 Å². The first kappa shape index (κ1) is 12.7. The Hall–Kier alpha value is -1.37. The molecule has 1 aromatic heterocycles. The minimum atomic E-state index is -3.10. The Kier molecular flexibility index (Phi) is 4.05. The Bertz CT molecular complexity index is 464. The van der Waals surface area contributed by atoms with Gasteiger partial charge in [0.2, 0.25) is 0 Å². The highest BCUT2D eigenvalue weighted by Gasteiger charge is 2.14. The van der Waals surface area contributed by atoms with Gasteiger partial charge in [-0.25, -0.2) is 13.2 Å². The maximum absolute atomic E-state index is 11.4. The average molecular weight is 246 g/mol. The highest BCUT2D eigenvalue weighted by Crippen LogP contribution is 2.01. The van der Waals surface area contributed by atoms with Crippen LogP contribution in [-0.4, -0.2) is 40.8 Å². The number of aromatic carboxylic acids is 1. The number of carboxylic acids is 1. The minimum absolute atomic E-state index is 0.00620. The number of aromatic nitrogens is 2. The zero-order valence-electron chi connectivity index (χ0n) is 8.96. The van der Waals surface area contributed by atoms with E-state index in [-0.39, 0.29) is 23.7 Å². The van der Waals surface area contributed by atoms with Gasteiger partial charge in [-0.1, -0.05) is 6.92 Å². The van der Waals surface area contributed by atoms with Crippen LogP contribution >= 0.6 is 0 Å². The molecule has 0 bridgehead atoms. The quantitative estimate of drug-likeness (QED) is 0.785. The van der Waals surface area contributed by atoms with E-state index < -0.39 is 15.8 Å². The summed E-state index contributed by atoms with van der Waals surface area (Å²) in [5, 5.41) is 12.5. The molecule has 1 rings (SSSR count). The minimum Gasteiger partial charge on any atom is -0.477 e. The molecule has 0 saturated carbocycles. The molecule has 0 aromatic carbocycles. The SMILES string of the molecule is CCCS(=O)(=O)CCn1nccc1C(=O)O. The summed E-state index contributed by atoms with van der Waals surface area (Å²) in [6.07, 6.45) is 1.91. The first-order valence-electron chi connectivity index (χ1n) is 4.92. The number of hydrogen-bond donors (Lipinski definition) is 1. The number of nitrogens with zero attached hydrogens (tertiary/aromatic N) is 2. The zero-order valence-corrected chi connectivity index (χ0v) is 9.77. The summed E-state index contributed by atoms with van der Waals surface area (Å²) >= 11 is 0. The molecule has 0 spiro atoms. The van der Waals surface area contributed by atoms with E-state index in [4.69, 9.17) is 5.11 Å². The van der Waals surface area contributed by atoms with Gasteiger partial charge in [-0.05, 0) is 12.5 Å². The van der Waals surface area contributed by atoms with Crippen LogP contribution in [0.1, 0.15) is 23.8 Å². The standard InChI is InChI=1S/C9H14N2O4S/c1-2-6-16(14,15)7-5-11-8(9(12)13)3-4-10-11/h3-4H,2,5-7H2,1H3,(H,12,13). The van der Waals surface area contributed by atoms with E-state index >= 15 is 0 Å². The van der Waals surface area contributed by atoms with Gasteiger partial charge in [0.25, 0.3) is 0 Å². The fourth-order valence-corrected chi connectivity index (χ4v) is 2.61. The first-order valence-corrected chi connectivity index (χ1v) is 6.74. The third kappa shape index (κ3) is 3.34. The highest BCUT2D eigenvalue weighted by atomic mass is 32.2. The molecule has 0 aliphatic carbocycles. The summed E-state index contributed by atoms with van der Waals surface area (Å²) in [4.78, 5) is 10.7. The lowest BCUT2D eigenvalue weighted by atomic mass is 10.4. The molecule has 1 heterocycles. The van der Waals surface area contributed by atoms with E-state index in [0.29, 0.717) is 6.42 Å². The Labute approximate surface area is 93.8 Å². The van der Waals surface area contributed by atoms with Crippen LogP contribution < -0.4 is 0 Å². The Morgan fingerprint density at radius 3 is 2.75 bits per heavy atom. The fourth-order valence-electron chi connectivity index (χ4n) is 1.33. The van der Waals surface area contributed by atoms with Gasteiger partial charge in [0.15, 0.2) is 9.84 Å². The lowest BCUT2D eigenvalue weighted by Gasteiger charge is -2.05. The van der Waals surface area contributed by atoms with Gasteiger partial charge in [-0.15, -0.1) is 0 Å². The third-order valence-corrected chi connectivity index (χ3v) is 3.90. The predicted molar refractivity (Wildman–Crippen MR) is 58.1 cm³/mol. The second kappa shape index (κ2) is 5.11. The van der Waals surface area contributed by atoms with Gasteiger partial charge in [0.05, 0.1) is 12.3 Å². The van der Waals surface area contributed by atoms with Crippen molar-refractivity contribution in [2.45, 2.75) is 19.9 Å². The Balaban J connectivity index is 2.68. The molecule has 0 aliphatic rings. The van der Waals surface area contributed by atoms with Crippen LogP contribution in [0, 0.1) is 0 Å². The molecule has 1 aromatic rings. The van der Waals surface area contributed by atoms with Gasteiger partial charge in [0, 0.05) is 11.9 Å². The van der Waals surface area contributed by atoms with Crippen molar-refractivity contribution in [3.05, 3.63) is 18.0 Å². The number of hydrogen-bond acceptors (Lipinski definition) is 4. The van der Waals surface area contributed by atoms with Crippen molar-refractivity contribution < 1.29 is 18.3 Å². The van der Waals surface area contributed by atoms with Crippen molar-refractivity contribution in [1.29, 1.82) is 0 Å². The monoisotopic (exact) mass is 246 g/mol. The van der Waals surface area contributed by atoms with Crippen LogP contribution in [0.25, 0.3) is 0 Å². The van der Waals surface area contributed by atoms with Crippen LogP contribution in [-0.2, 0) is 16.4 Å². The second-order valence-electron chi connectivity index (χ2n) is 3.40. The summed E-state index contributed by atoms with van der Waals surface area (Å²) in [7, 11) is -3.10. The second-order valence-corrected chi connectivity index (χ2v) is 5.70. The van der Waals surface area contributed by atoms with Crippen LogP contribution in [0.5, 0.6) is 0 Å². The maximum atomic E-state index is 11.4. The van der Waals surface area contributed by atoms with E-state index in [1.54, 1.807) is 6.92 Å². The molecule has 0 atom stereocenters. The summed E-state index contributed by atoms with van der Waals surface area (Å²) in [6, 6.07) is 1.34. The normalized spacial score (nSPS) is 11.6. The van der Waals surface area contributed by atoms with Crippen molar-refractivity contribution in [2.75, 3.05) is 11.5 Å². The molecule has 90 valence electrons. The van der Waals surface area contributed by atoms with E-state index in [1.165, 1.54) is 16.9 Å². The van der Waals surface area contributed by atoms with Crippen LogP contribution in [0.2, 0.25) is 0 Å². The third-order valence-electron chi connectivity index (χ3n) is 2.06. The van der Waals surface area contributed by atoms with Crippen molar-refractivity contribution >= 4 is 15.8 Å². The van der Waals surface area contributed by atoms with Gasteiger partial charge in [-0.3, -0.25) is 4.68 Å². The molecular formula is C9H14N2O4S. The summed E-state index contributed by atoms with van der Waals surface area (Å²) in [5.74, 6) is -1.06. The lowest BCUT2D eigenvalue weighted by molar-refractivity contribution is 0.0683. The fraction of sp³-hybridized carbons (Fsp3) is 0.556. The van der Waals surface area contributed by atoms with Gasteiger partial charge < -0.3 is 5.11 Å². The van der Waals surface area contributed by atoms with Crippen LogP contribution in [0.3, 0.4) is 0 Å². The smallest absolute Gasteiger partial charge is 0.354 e. The van der Waals surface area contributed by atoms with Crippen LogP contribution in [0.4, 0.5) is 0 Å². The molecule has 0 unspecified atom stereocenters. The van der Waals surface area contributed by atoms with E-state index in [1.807, 2.05) is 0 Å². The molecule has 6 nitrogen and oxygen atoms in total. The van der Waals surface area contributed by atoms with Crippen molar-refractivity contribution in [3.8, 4) is 0 Å². The molecule has 0 saturated heterocycles. The highest BCUT2D eigenvalue weighted by molar-refractivity contribution is 7.91.